The SMILES string of the molecule is CC(C)c1ncc([N+](=O)[O-])n1C(=O)c1cccs1. The molecule has 2 heterocycles. The Labute approximate surface area is 107 Å². The monoisotopic (exact) mass is 265 g/mol. The van der Waals surface area contributed by atoms with Crippen molar-refractivity contribution in [2.24, 2.45) is 0 Å². The van der Waals surface area contributed by atoms with E-state index in [1.807, 2.05) is 13.8 Å². The standard InChI is InChI=1S/C11H11N3O3S/c1-7(2)10-12-6-9(14(16)17)13(10)11(15)8-4-3-5-18-8/h3-7H,1-2H3. The number of nitrogens with zero attached hydrogens (tertiary/aromatic N) is 3. The fourth-order valence-corrected chi connectivity index (χ4v) is 2.26. The van der Waals surface area contributed by atoms with Crippen LogP contribution in [0.3, 0.4) is 0 Å². The lowest BCUT2D eigenvalue weighted by Gasteiger charge is -2.03. The Morgan fingerprint density at radius 2 is 2.28 bits per heavy atom. The third-order valence-corrected chi connectivity index (χ3v) is 3.27. The number of aromatic nitrogens is 2. The van der Waals surface area contributed by atoms with E-state index in [9.17, 15) is 14.9 Å². The van der Waals surface area contributed by atoms with E-state index in [0.29, 0.717) is 10.7 Å². The van der Waals surface area contributed by atoms with E-state index in [0.717, 1.165) is 10.8 Å². The molecule has 6 nitrogen and oxygen atoms in total. The van der Waals surface area contributed by atoms with Crippen molar-refractivity contribution in [3.63, 3.8) is 0 Å². The maximum Gasteiger partial charge on any atom is 0.357 e. The fraction of sp³-hybridized carbons (Fsp3) is 0.273. The van der Waals surface area contributed by atoms with Gasteiger partial charge in [-0.25, -0.2) is 9.78 Å². The van der Waals surface area contributed by atoms with Gasteiger partial charge in [0.25, 0.3) is 0 Å². The van der Waals surface area contributed by atoms with Crippen molar-refractivity contribution >= 4 is 23.1 Å². The summed E-state index contributed by atoms with van der Waals surface area (Å²) >= 11 is 1.25. The maximum atomic E-state index is 12.2. The molecule has 0 saturated carbocycles. The van der Waals surface area contributed by atoms with Crippen LogP contribution in [0.15, 0.2) is 23.7 Å². The highest BCUT2D eigenvalue weighted by atomic mass is 32.1. The minimum absolute atomic E-state index is 0.0670. The first kappa shape index (κ1) is 12.4. The summed E-state index contributed by atoms with van der Waals surface area (Å²) in [6, 6.07) is 3.37. The second-order valence-corrected chi connectivity index (χ2v) is 4.95. The van der Waals surface area contributed by atoms with Crippen LogP contribution >= 0.6 is 11.3 Å². The van der Waals surface area contributed by atoms with Gasteiger partial charge in [-0.2, -0.15) is 0 Å². The minimum Gasteiger partial charge on any atom is -0.358 e. The number of carbonyl (C=O) groups excluding carboxylic acids is 1. The number of rotatable bonds is 3. The van der Waals surface area contributed by atoms with E-state index >= 15 is 0 Å². The van der Waals surface area contributed by atoms with Crippen LogP contribution in [0.2, 0.25) is 0 Å². The van der Waals surface area contributed by atoms with Gasteiger partial charge in [-0.05, 0) is 16.4 Å². The third-order valence-electron chi connectivity index (χ3n) is 2.41. The average Bonchev–Trinajstić information content (AvgIpc) is 2.97. The zero-order chi connectivity index (χ0) is 13.3. The smallest absolute Gasteiger partial charge is 0.357 e. The van der Waals surface area contributed by atoms with Gasteiger partial charge >= 0.3 is 11.7 Å². The molecule has 0 unspecified atom stereocenters. The van der Waals surface area contributed by atoms with Crippen molar-refractivity contribution in [1.82, 2.24) is 9.55 Å². The van der Waals surface area contributed by atoms with Gasteiger partial charge in [-0.15, -0.1) is 15.9 Å². The lowest BCUT2D eigenvalue weighted by Crippen LogP contribution is -2.17. The summed E-state index contributed by atoms with van der Waals surface area (Å²) in [6.45, 7) is 3.68. The number of nitro groups is 1. The van der Waals surface area contributed by atoms with E-state index in [1.165, 1.54) is 11.3 Å². The summed E-state index contributed by atoms with van der Waals surface area (Å²) in [5.41, 5.74) is 0. The second-order valence-electron chi connectivity index (χ2n) is 4.00. The molecule has 0 aliphatic carbocycles. The third kappa shape index (κ3) is 2.04. The molecule has 2 aromatic rings. The molecule has 0 spiro atoms. The number of imidazole rings is 1. The second kappa shape index (κ2) is 4.69. The molecular weight excluding hydrogens is 254 g/mol. The predicted octanol–water partition coefficient (Wildman–Crippen LogP) is 2.66. The highest BCUT2D eigenvalue weighted by Crippen LogP contribution is 2.23. The van der Waals surface area contributed by atoms with Crippen molar-refractivity contribution in [2.75, 3.05) is 0 Å². The van der Waals surface area contributed by atoms with Gasteiger partial charge in [0.15, 0.2) is 0 Å². The summed E-state index contributed by atoms with van der Waals surface area (Å²) in [7, 11) is 0. The Kier molecular flexibility index (Phi) is 3.24. The van der Waals surface area contributed by atoms with Crippen LogP contribution in [0.4, 0.5) is 5.82 Å². The minimum atomic E-state index is -0.593. The molecule has 0 amide bonds. The van der Waals surface area contributed by atoms with Crippen molar-refractivity contribution in [3.8, 4) is 0 Å². The van der Waals surface area contributed by atoms with Gasteiger partial charge in [-0.1, -0.05) is 19.9 Å². The molecule has 94 valence electrons. The first-order chi connectivity index (χ1) is 8.52. The van der Waals surface area contributed by atoms with E-state index in [4.69, 9.17) is 0 Å². The molecule has 0 saturated heterocycles. The molecular formula is C11H11N3O3S. The predicted molar refractivity (Wildman–Crippen MR) is 67.0 cm³/mol. The van der Waals surface area contributed by atoms with Crippen molar-refractivity contribution < 1.29 is 9.72 Å². The van der Waals surface area contributed by atoms with Gasteiger partial charge in [0.05, 0.1) is 0 Å². The van der Waals surface area contributed by atoms with E-state index in [1.54, 1.807) is 17.5 Å². The maximum absolute atomic E-state index is 12.2. The van der Waals surface area contributed by atoms with Gasteiger partial charge < -0.3 is 10.1 Å². The molecule has 0 aliphatic rings. The van der Waals surface area contributed by atoms with E-state index < -0.39 is 10.8 Å². The topological polar surface area (TPSA) is 78.0 Å². The Hall–Kier alpha value is -2.02. The van der Waals surface area contributed by atoms with Gasteiger partial charge in [0.1, 0.15) is 11.1 Å². The average molecular weight is 265 g/mol. The summed E-state index contributed by atoms with van der Waals surface area (Å²) in [4.78, 5) is 27.0. The van der Waals surface area contributed by atoms with Gasteiger partial charge in [-0.3, -0.25) is 0 Å². The molecule has 0 fully saturated rings. The largest absolute Gasteiger partial charge is 0.358 e. The molecule has 0 radical (unpaired) electrons. The highest BCUT2D eigenvalue weighted by Gasteiger charge is 2.29. The number of thiophene rings is 1. The van der Waals surface area contributed by atoms with Crippen LogP contribution in [-0.4, -0.2) is 20.4 Å². The van der Waals surface area contributed by atoms with E-state index in [2.05, 4.69) is 4.98 Å². The molecule has 0 bridgehead atoms. The lowest BCUT2D eigenvalue weighted by molar-refractivity contribution is -0.390. The zero-order valence-corrected chi connectivity index (χ0v) is 10.7. The summed E-state index contributed by atoms with van der Waals surface area (Å²) < 4.78 is 1.08. The molecule has 2 rings (SSSR count). The fourth-order valence-electron chi connectivity index (χ4n) is 1.61. The van der Waals surface area contributed by atoms with Crippen LogP contribution in [0, 0.1) is 10.1 Å². The quantitative estimate of drug-likeness (QED) is 0.631. The molecule has 7 heteroatoms. The summed E-state index contributed by atoms with van der Waals surface area (Å²) in [6.07, 6.45) is 1.13. The van der Waals surface area contributed by atoms with Crippen molar-refractivity contribution in [2.45, 2.75) is 19.8 Å². The molecule has 0 aromatic carbocycles. The number of hydrogen-bond acceptors (Lipinski definition) is 5. The molecule has 0 atom stereocenters. The Morgan fingerprint density at radius 3 is 2.78 bits per heavy atom. The van der Waals surface area contributed by atoms with Gasteiger partial charge in [0.2, 0.25) is 5.82 Å². The summed E-state index contributed by atoms with van der Waals surface area (Å²) in [5, 5.41) is 12.7. The zero-order valence-electron chi connectivity index (χ0n) is 9.86. The number of carbonyl (C=O) groups is 1. The molecule has 0 N–H and O–H groups in total. The van der Waals surface area contributed by atoms with Crippen LogP contribution < -0.4 is 0 Å². The molecule has 0 aliphatic heterocycles. The first-order valence-corrected chi connectivity index (χ1v) is 6.20. The molecule has 2 aromatic heterocycles. The first-order valence-electron chi connectivity index (χ1n) is 5.32. The Morgan fingerprint density at radius 1 is 1.56 bits per heavy atom. The van der Waals surface area contributed by atoms with Crippen molar-refractivity contribution in [3.05, 3.63) is 44.5 Å². The normalized spacial score (nSPS) is 10.8. The van der Waals surface area contributed by atoms with Crippen LogP contribution in [0.5, 0.6) is 0 Å². The Bertz CT molecular complexity index is 587. The van der Waals surface area contributed by atoms with Crippen LogP contribution in [0.1, 0.15) is 35.3 Å². The van der Waals surface area contributed by atoms with Crippen molar-refractivity contribution in [1.29, 1.82) is 0 Å². The summed E-state index contributed by atoms with van der Waals surface area (Å²) in [5.74, 6) is -0.363. The Balaban J connectivity index is 2.57. The van der Waals surface area contributed by atoms with Gasteiger partial charge in [0, 0.05) is 5.92 Å². The number of hydrogen-bond donors (Lipinski definition) is 0. The van der Waals surface area contributed by atoms with E-state index in [-0.39, 0.29) is 11.7 Å². The highest BCUT2D eigenvalue weighted by molar-refractivity contribution is 7.12. The molecule has 18 heavy (non-hydrogen) atoms. The van der Waals surface area contributed by atoms with Crippen LogP contribution in [-0.2, 0) is 0 Å². The lowest BCUT2D eigenvalue weighted by atomic mass is 10.2. The van der Waals surface area contributed by atoms with Crippen LogP contribution in [0.25, 0.3) is 0 Å².